The molecule has 0 spiro atoms. The van der Waals surface area contributed by atoms with Gasteiger partial charge in [-0.3, -0.25) is 0 Å². The average molecular weight is 236 g/mol. The molecule has 0 N–H and O–H groups in total. The highest BCUT2D eigenvalue weighted by molar-refractivity contribution is 6.31. The molecule has 0 aliphatic carbocycles. The first kappa shape index (κ1) is 10.9. The fourth-order valence-electron chi connectivity index (χ4n) is 1.36. The second-order valence-electron chi connectivity index (χ2n) is 3.20. The largest absolute Gasteiger partial charge is 0.490 e. The Bertz CT molecular complexity index is 474. The van der Waals surface area contributed by atoms with E-state index in [9.17, 15) is 0 Å². The van der Waals surface area contributed by atoms with E-state index in [1.165, 1.54) is 0 Å². The molecule has 0 unspecified atom stereocenters. The van der Waals surface area contributed by atoms with Crippen LogP contribution in [-0.2, 0) is 0 Å². The Labute approximate surface area is 99.3 Å². The summed E-state index contributed by atoms with van der Waals surface area (Å²) in [7, 11) is 0. The normalized spacial score (nSPS) is 10.1. The fraction of sp³-hybridized carbons (Fsp3) is 0.167. The predicted octanol–water partition coefficient (Wildman–Crippen LogP) is 2.41. The van der Waals surface area contributed by atoms with Crippen molar-refractivity contribution in [2.75, 3.05) is 6.61 Å². The van der Waals surface area contributed by atoms with Gasteiger partial charge in [-0.05, 0) is 6.92 Å². The monoisotopic (exact) mass is 235 g/mol. The predicted molar refractivity (Wildman–Crippen MR) is 61.9 cm³/mol. The molecule has 3 nitrogen and oxygen atoms in total. The lowest BCUT2D eigenvalue weighted by atomic mass is 10.3. The Morgan fingerprint density at radius 1 is 1.31 bits per heavy atom. The maximum Gasteiger partial charge on any atom is 0.238 e. The topological polar surface area (TPSA) is 26.0 Å². The van der Waals surface area contributed by atoms with Crippen molar-refractivity contribution in [3.63, 3.8) is 0 Å². The van der Waals surface area contributed by atoms with Crippen LogP contribution in [-0.4, -0.2) is 11.7 Å². The second kappa shape index (κ2) is 4.94. The maximum absolute atomic E-state index is 6.07. The van der Waals surface area contributed by atoms with Crippen molar-refractivity contribution in [1.29, 1.82) is 0 Å². The molecule has 0 saturated heterocycles. The molecule has 1 aromatic carbocycles. The average Bonchev–Trinajstić information content (AvgIpc) is 2.33. The summed E-state index contributed by atoms with van der Waals surface area (Å²) >= 11 is 6.07. The molecule has 0 amide bonds. The summed E-state index contributed by atoms with van der Waals surface area (Å²) in [5.74, 6) is 0.608. The smallest absolute Gasteiger partial charge is 0.238 e. The van der Waals surface area contributed by atoms with Crippen LogP contribution < -0.4 is 9.42 Å². The number of hydrogen-bond acceptors (Lipinski definition) is 2. The fourth-order valence-corrected chi connectivity index (χ4v) is 1.56. The van der Waals surface area contributed by atoms with Crippen LogP contribution in [0.3, 0.4) is 0 Å². The number of halogens is 1. The number of ether oxygens (including phenoxy) is 1. The van der Waals surface area contributed by atoms with E-state index in [2.05, 4.69) is 5.10 Å². The lowest BCUT2D eigenvalue weighted by Crippen LogP contribution is -2.34. The molecule has 2 aromatic rings. The van der Waals surface area contributed by atoms with Gasteiger partial charge in [-0.25, -0.2) is 0 Å². The van der Waals surface area contributed by atoms with Crippen molar-refractivity contribution in [2.45, 2.75) is 6.92 Å². The van der Waals surface area contributed by atoms with Crippen molar-refractivity contribution >= 4 is 11.6 Å². The lowest BCUT2D eigenvalue weighted by Gasteiger charge is -2.02. The van der Waals surface area contributed by atoms with Crippen molar-refractivity contribution < 1.29 is 9.42 Å². The molecule has 0 aliphatic heterocycles. The van der Waals surface area contributed by atoms with Crippen molar-refractivity contribution in [3.8, 4) is 11.4 Å². The quantitative estimate of drug-likeness (QED) is 0.764. The molecule has 0 saturated carbocycles. The second-order valence-corrected chi connectivity index (χ2v) is 3.61. The molecule has 82 valence electrons. The van der Waals surface area contributed by atoms with E-state index in [1.807, 2.05) is 37.3 Å². The third-order valence-electron chi connectivity index (χ3n) is 2.09. The highest BCUT2D eigenvalue weighted by Crippen LogP contribution is 2.20. The molecule has 0 atom stereocenters. The number of benzene rings is 1. The molecular weight excluding hydrogens is 224 g/mol. The van der Waals surface area contributed by atoms with Crippen molar-refractivity contribution in [1.82, 2.24) is 5.10 Å². The van der Waals surface area contributed by atoms with Gasteiger partial charge in [0.2, 0.25) is 11.9 Å². The van der Waals surface area contributed by atoms with E-state index in [0.717, 1.165) is 5.69 Å². The van der Waals surface area contributed by atoms with Crippen LogP contribution >= 0.6 is 11.6 Å². The minimum absolute atomic E-state index is 0.556. The van der Waals surface area contributed by atoms with Gasteiger partial charge in [0.15, 0.2) is 10.8 Å². The maximum atomic E-state index is 6.07. The van der Waals surface area contributed by atoms with Crippen LogP contribution in [0.2, 0.25) is 5.02 Å². The molecule has 2 rings (SSSR count). The minimum Gasteiger partial charge on any atom is -0.490 e. The molecule has 0 aliphatic rings. The standard InChI is InChI=1S/C12H12ClN2O/c1-2-16-12-8-14-15(9-11(12)13)10-6-4-3-5-7-10/h3-9H,2H2,1H3/q+1. The van der Waals surface area contributed by atoms with Gasteiger partial charge < -0.3 is 4.74 Å². The van der Waals surface area contributed by atoms with E-state index in [-0.39, 0.29) is 0 Å². The number of hydrogen-bond donors (Lipinski definition) is 0. The molecule has 0 fully saturated rings. The SMILES string of the molecule is CCOc1cn[n+](-c2ccccc2)cc1Cl. The van der Waals surface area contributed by atoms with Gasteiger partial charge in [0.1, 0.15) is 6.20 Å². The Balaban J connectivity index is 2.35. The van der Waals surface area contributed by atoms with Gasteiger partial charge in [0, 0.05) is 17.2 Å². The summed E-state index contributed by atoms with van der Waals surface area (Å²) < 4.78 is 7.03. The molecule has 16 heavy (non-hydrogen) atoms. The van der Waals surface area contributed by atoms with Crippen LogP contribution in [0.15, 0.2) is 42.7 Å². The zero-order valence-electron chi connectivity index (χ0n) is 8.93. The zero-order valence-corrected chi connectivity index (χ0v) is 9.69. The van der Waals surface area contributed by atoms with E-state index in [4.69, 9.17) is 16.3 Å². The summed E-state index contributed by atoms with van der Waals surface area (Å²) in [6.45, 7) is 2.49. The Hall–Kier alpha value is -1.61. The number of aromatic nitrogens is 2. The van der Waals surface area contributed by atoms with E-state index < -0.39 is 0 Å². The van der Waals surface area contributed by atoms with Gasteiger partial charge >= 0.3 is 0 Å². The molecule has 4 heteroatoms. The van der Waals surface area contributed by atoms with E-state index >= 15 is 0 Å². The van der Waals surface area contributed by atoms with Crippen molar-refractivity contribution in [3.05, 3.63) is 47.7 Å². The first-order valence-corrected chi connectivity index (χ1v) is 5.44. The Kier molecular flexibility index (Phi) is 3.37. The van der Waals surface area contributed by atoms with Crippen LogP contribution in [0.25, 0.3) is 5.69 Å². The van der Waals surface area contributed by atoms with Crippen LogP contribution in [0.4, 0.5) is 0 Å². The van der Waals surface area contributed by atoms with E-state index in [1.54, 1.807) is 17.1 Å². The van der Waals surface area contributed by atoms with Gasteiger partial charge in [-0.2, -0.15) is 0 Å². The number of para-hydroxylation sites is 1. The summed E-state index contributed by atoms with van der Waals surface area (Å²) in [5, 5.41) is 4.79. The summed E-state index contributed by atoms with van der Waals surface area (Å²) in [6.07, 6.45) is 3.36. The van der Waals surface area contributed by atoms with Crippen LogP contribution in [0, 0.1) is 0 Å². The third-order valence-corrected chi connectivity index (χ3v) is 2.37. The molecule has 0 radical (unpaired) electrons. The molecular formula is C12H12ClN2O+. The number of rotatable bonds is 3. The first-order valence-electron chi connectivity index (χ1n) is 5.07. The number of nitrogens with zero attached hydrogens (tertiary/aromatic N) is 2. The first-order chi connectivity index (χ1) is 7.81. The van der Waals surface area contributed by atoms with E-state index in [0.29, 0.717) is 17.4 Å². The van der Waals surface area contributed by atoms with Gasteiger partial charge in [0.25, 0.3) is 0 Å². The Morgan fingerprint density at radius 3 is 2.69 bits per heavy atom. The van der Waals surface area contributed by atoms with Crippen molar-refractivity contribution in [2.24, 2.45) is 0 Å². The highest BCUT2D eigenvalue weighted by atomic mass is 35.5. The Morgan fingerprint density at radius 2 is 2.06 bits per heavy atom. The van der Waals surface area contributed by atoms with Gasteiger partial charge in [-0.1, -0.05) is 34.5 Å². The molecule has 1 heterocycles. The van der Waals surface area contributed by atoms with Gasteiger partial charge in [-0.15, -0.1) is 0 Å². The van der Waals surface area contributed by atoms with Crippen LogP contribution in [0.1, 0.15) is 6.92 Å². The summed E-state index contributed by atoms with van der Waals surface area (Å²) in [5.41, 5.74) is 0.965. The third kappa shape index (κ3) is 2.31. The zero-order chi connectivity index (χ0) is 11.4. The van der Waals surface area contributed by atoms with Gasteiger partial charge in [0.05, 0.1) is 6.61 Å². The minimum atomic E-state index is 0.556. The molecule has 1 aromatic heterocycles. The highest BCUT2D eigenvalue weighted by Gasteiger charge is 2.12. The summed E-state index contributed by atoms with van der Waals surface area (Å²) in [4.78, 5) is 0. The molecule has 0 bridgehead atoms. The lowest BCUT2D eigenvalue weighted by molar-refractivity contribution is -0.659. The van der Waals surface area contributed by atoms with Crippen LogP contribution in [0.5, 0.6) is 5.75 Å². The summed E-state index contributed by atoms with van der Waals surface area (Å²) in [6, 6.07) is 9.79.